The first-order chi connectivity index (χ1) is 19.6. The van der Waals surface area contributed by atoms with Crippen molar-refractivity contribution in [2.45, 2.75) is 31.4 Å². The molecule has 3 aromatic rings. The molecular formula is C28H28Cl2F3O7PS. The molecule has 228 valence electrons. The van der Waals surface area contributed by atoms with Gasteiger partial charge in [0.1, 0.15) is 12.4 Å². The van der Waals surface area contributed by atoms with Gasteiger partial charge in [-0.2, -0.15) is 13.2 Å². The molecule has 0 spiro atoms. The predicted molar refractivity (Wildman–Crippen MR) is 156 cm³/mol. The molecule has 0 unspecified atom stereocenters. The lowest BCUT2D eigenvalue weighted by Crippen LogP contribution is -2.18. The fraction of sp³-hybridized carbons (Fsp3) is 0.286. The summed E-state index contributed by atoms with van der Waals surface area (Å²) in [4.78, 5) is 17.4. The molecule has 0 aliphatic rings. The number of halogens is 5. The molecule has 14 heteroatoms. The fourth-order valence-corrected chi connectivity index (χ4v) is 5.91. The van der Waals surface area contributed by atoms with Crippen molar-refractivity contribution in [3.63, 3.8) is 0 Å². The maximum absolute atomic E-state index is 12.9. The van der Waals surface area contributed by atoms with Crippen LogP contribution in [-0.2, 0) is 25.3 Å². The Labute approximate surface area is 252 Å². The Morgan fingerprint density at radius 3 is 1.88 bits per heavy atom. The quantitative estimate of drug-likeness (QED) is 0.135. The molecule has 0 saturated carbocycles. The summed E-state index contributed by atoms with van der Waals surface area (Å²) in [5.41, 5.74) is 2.39. The SMILES string of the molecule is O=P(O)(O)OC(=CCc1ccc(OCCS(=O)(=O)CCCC(c2ccc(Cl)cc2)c2ccc(Cl)cc2)cc1)C(F)(F)F. The summed E-state index contributed by atoms with van der Waals surface area (Å²) in [7, 11) is -8.82. The topological polar surface area (TPSA) is 110 Å². The molecule has 0 saturated heterocycles. The van der Waals surface area contributed by atoms with Crippen LogP contribution >= 0.6 is 31.0 Å². The zero-order chi connectivity index (χ0) is 31.0. The first-order valence-corrected chi connectivity index (χ1v) is 16.7. The Morgan fingerprint density at radius 2 is 1.40 bits per heavy atom. The molecule has 3 rings (SSSR count). The molecule has 0 fully saturated rings. The number of hydrogen-bond donors (Lipinski definition) is 2. The molecular weight excluding hydrogens is 639 g/mol. The highest BCUT2D eigenvalue weighted by Crippen LogP contribution is 2.43. The van der Waals surface area contributed by atoms with E-state index in [0.717, 1.165) is 11.1 Å². The van der Waals surface area contributed by atoms with Crippen molar-refractivity contribution in [1.29, 1.82) is 0 Å². The van der Waals surface area contributed by atoms with Gasteiger partial charge in [0.25, 0.3) is 0 Å². The summed E-state index contributed by atoms with van der Waals surface area (Å²) in [6.45, 7) is -0.117. The maximum atomic E-state index is 12.9. The average molecular weight is 667 g/mol. The van der Waals surface area contributed by atoms with Crippen molar-refractivity contribution >= 4 is 40.9 Å². The Balaban J connectivity index is 1.52. The molecule has 0 amide bonds. The van der Waals surface area contributed by atoms with Gasteiger partial charge in [-0.05, 0) is 78.4 Å². The van der Waals surface area contributed by atoms with Crippen LogP contribution in [0, 0.1) is 0 Å². The van der Waals surface area contributed by atoms with Gasteiger partial charge in [-0.25, -0.2) is 13.0 Å². The van der Waals surface area contributed by atoms with Gasteiger partial charge in [-0.15, -0.1) is 0 Å². The van der Waals surface area contributed by atoms with Crippen LogP contribution in [0.25, 0.3) is 0 Å². The van der Waals surface area contributed by atoms with Crippen LogP contribution in [0.15, 0.2) is 84.6 Å². The lowest BCUT2D eigenvalue weighted by atomic mass is 9.88. The summed E-state index contributed by atoms with van der Waals surface area (Å²) in [6, 6.07) is 20.6. The number of phosphoric ester groups is 1. The van der Waals surface area contributed by atoms with Gasteiger partial charge in [-0.3, -0.25) is 9.79 Å². The zero-order valence-electron chi connectivity index (χ0n) is 22.0. The highest BCUT2D eigenvalue weighted by molar-refractivity contribution is 7.91. The van der Waals surface area contributed by atoms with Gasteiger partial charge in [-0.1, -0.05) is 59.6 Å². The van der Waals surface area contributed by atoms with E-state index < -0.39 is 29.6 Å². The van der Waals surface area contributed by atoms with Crippen molar-refractivity contribution in [2.75, 3.05) is 18.1 Å². The normalized spacial score (nSPS) is 12.9. The molecule has 42 heavy (non-hydrogen) atoms. The van der Waals surface area contributed by atoms with E-state index in [2.05, 4.69) is 4.52 Å². The van der Waals surface area contributed by atoms with Gasteiger partial charge < -0.3 is 9.26 Å². The molecule has 0 heterocycles. The molecule has 0 aliphatic heterocycles. The van der Waals surface area contributed by atoms with Crippen LogP contribution < -0.4 is 4.74 Å². The largest absolute Gasteiger partial charge is 0.524 e. The fourth-order valence-electron chi connectivity index (χ4n) is 4.08. The molecule has 7 nitrogen and oxygen atoms in total. The highest BCUT2D eigenvalue weighted by atomic mass is 35.5. The Kier molecular flexibility index (Phi) is 11.9. The lowest BCUT2D eigenvalue weighted by molar-refractivity contribution is -0.119. The maximum Gasteiger partial charge on any atom is 0.524 e. The molecule has 3 aromatic carbocycles. The zero-order valence-corrected chi connectivity index (χ0v) is 25.2. The second kappa shape index (κ2) is 14.8. The van der Waals surface area contributed by atoms with E-state index in [-0.39, 0.29) is 30.5 Å². The van der Waals surface area contributed by atoms with Crippen molar-refractivity contribution < 1.29 is 45.2 Å². The number of alkyl halides is 3. The van der Waals surface area contributed by atoms with E-state index >= 15 is 0 Å². The van der Waals surface area contributed by atoms with Crippen molar-refractivity contribution in [2.24, 2.45) is 0 Å². The number of ether oxygens (including phenoxy) is 1. The third-order valence-corrected chi connectivity index (χ3v) is 8.74. The second-order valence-electron chi connectivity index (χ2n) is 9.29. The number of sulfone groups is 1. The van der Waals surface area contributed by atoms with E-state index in [9.17, 15) is 26.2 Å². The first-order valence-electron chi connectivity index (χ1n) is 12.6. The van der Waals surface area contributed by atoms with Crippen LogP contribution in [-0.4, -0.2) is 42.5 Å². The third-order valence-electron chi connectivity index (χ3n) is 6.10. The van der Waals surface area contributed by atoms with Crippen molar-refractivity contribution in [3.05, 3.63) is 111 Å². The molecule has 0 bridgehead atoms. The third kappa shape index (κ3) is 11.6. The van der Waals surface area contributed by atoms with Gasteiger partial charge in [0, 0.05) is 16.0 Å². The predicted octanol–water partition coefficient (Wildman–Crippen LogP) is 7.50. The first kappa shape index (κ1) is 34.0. The minimum atomic E-state index is -5.38. The number of phosphoric acid groups is 1. The second-order valence-corrected chi connectivity index (χ2v) is 13.6. The molecule has 0 atom stereocenters. The van der Waals surface area contributed by atoms with Crippen molar-refractivity contribution in [1.82, 2.24) is 0 Å². The minimum absolute atomic E-state index is 0.0441. The number of rotatable bonds is 14. The Hall–Kier alpha value is -2.53. The number of hydrogen-bond acceptors (Lipinski definition) is 5. The average Bonchev–Trinajstić information content (AvgIpc) is 2.90. The highest BCUT2D eigenvalue weighted by Gasteiger charge is 2.39. The van der Waals surface area contributed by atoms with Gasteiger partial charge in [0.15, 0.2) is 9.84 Å². The number of benzene rings is 3. The molecule has 2 N–H and O–H groups in total. The van der Waals surface area contributed by atoms with Crippen LogP contribution in [0.2, 0.25) is 10.0 Å². The summed E-state index contributed by atoms with van der Waals surface area (Å²) >= 11 is 12.1. The standard InChI is InChI=1S/C28H28Cl2F3O7PS/c29-23-10-6-21(7-11-23)26(22-8-12-24(30)13-9-22)2-1-18-42(37,38)19-17-39-25-14-3-20(4-15-25)5-16-27(28(31,32)33)40-41(34,35)36/h3-4,6-16,26H,1-2,5,17-19H2,(H2,34,35,36). The Bertz CT molecular complexity index is 1440. The summed E-state index contributed by atoms with van der Waals surface area (Å²) in [5.74, 6) is -1.80. The van der Waals surface area contributed by atoms with Crippen LogP contribution in [0.4, 0.5) is 13.2 Å². The molecule has 0 radical (unpaired) electrons. The van der Waals surface area contributed by atoms with E-state index in [0.29, 0.717) is 40.3 Å². The van der Waals surface area contributed by atoms with Gasteiger partial charge in [0.05, 0.1) is 11.5 Å². The van der Waals surface area contributed by atoms with E-state index in [1.54, 1.807) is 24.3 Å². The van der Waals surface area contributed by atoms with Gasteiger partial charge in [0.2, 0.25) is 5.76 Å². The van der Waals surface area contributed by atoms with E-state index in [1.807, 2.05) is 24.3 Å². The summed E-state index contributed by atoms with van der Waals surface area (Å²) < 4.78 is 84.2. The monoisotopic (exact) mass is 666 g/mol. The van der Waals surface area contributed by atoms with Crippen LogP contribution in [0.1, 0.15) is 35.4 Å². The lowest BCUT2D eigenvalue weighted by Gasteiger charge is -2.18. The molecule has 0 aromatic heterocycles. The molecule has 0 aliphatic carbocycles. The summed E-state index contributed by atoms with van der Waals surface area (Å²) in [5, 5.41) is 1.21. The van der Waals surface area contributed by atoms with Gasteiger partial charge >= 0.3 is 14.0 Å². The summed E-state index contributed by atoms with van der Waals surface area (Å²) in [6.07, 6.45) is -3.90. The van der Waals surface area contributed by atoms with E-state index in [4.69, 9.17) is 37.7 Å². The minimum Gasteiger partial charge on any atom is -0.493 e. The number of allylic oxidation sites excluding steroid dienone is 2. The van der Waals surface area contributed by atoms with Crippen LogP contribution in [0.3, 0.4) is 0 Å². The van der Waals surface area contributed by atoms with Crippen molar-refractivity contribution in [3.8, 4) is 5.75 Å². The van der Waals surface area contributed by atoms with E-state index in [1.165, 1.54) is 24.3 Å². The Morgan fingerprint density at radius 1 is 0.881 bits per heavy atom. The smallest absolute Gasteiger partial charge is 0.493 e. The van der Waals surface area contributed by atoms with Crippen LogP contribution in [0.5, 0.6) is 5.75 Å².